The van der Waals surface area contributed by atoms with Crippen LogP contribution >= 0.6 is 0 Å². The normalized spacial score (nSPS) is 22.0. The van der Waals surface area contributed by atoms with Gasteiger partial charge in [-0.15, -0.1) is 0 Å². The molecule has 0 spiro atoms. The number of benzene rings is 4. The second-order valence-electron chi connectivity index (χ2n) is 14.6. The van der Waals surface area contributed by atoms with E-state index >= 15 is 0 Å². The number of ether oxygens (including phenoxy) is 4. The zero-order valence-electron chi connectivity index (χ0n) is 33.6. The van der Waals surface area contributed by atoms with Gasteiger partial charge in [-0.25, -0.2) is 0 Å². The Labute approximate surface area is 340 Å². The van der Waals surface area contributed by atoms with Crippen molar-refractivity contribution in [2.24, 2.45) is 0 Å². The lowest BCUT2D eigenvalue weighted by Crippen LogP contribution is -2.82. The molecule has 0 saturated carbocycles. The van der Waals surface area contributed by atoms with Crippen LogP contribution in [0.15, 0.2) is 97.1 Å². The highest BCUT2D eigenvalue weighted by atomic mass is 16.5. The number of rotatable bonds is 7. The molecule has 13 nitrogen and oxygen atoms in total. The summed E-state index contributed by atoms with van der Waals surface area (Å²) in [5.74, 6) is 3.06. The van der Waals surface area contributed by atoms with Crippen LogP contribution in [-0.2, 0) is 16.0 Å². The maximum Gasteiger partial charge on any atom is 0.217 e. The third-order valence-electron chi connectivity index (χ3n) is 9.99. The molecular weight excluding hydrogens is 741 g/mol. The Morgan fingerprint density at radius 1 is 0.672 bits per heavy atom. The van der Waals surface area contributed by atoms with Crippen molar-refractivity contribution in [2.75, 3.05) is 33.2 Å². The summed E-state index contributed by atoms with van der Waals surface area (Å²) in [4.78, 5) is 33.3. The van der Waals surface area contributed by atoms with Gasteiger partial charge in [0.25, 0.3) is 0 Å². The van der Waals surface area contributed by atoms with Crippen molar-refractivity contribution < 1.29 is 54.6 Å². The predicted molar refractivity (Wildman–Crippen MR) is 218 cm³/mol. The lowest BCUT2D eigenvalue weighted by atomic mass is 9.99. The molecule has 6 unspecified atom stereocenters. The third-order valence-corrected chi connectivity index (χ3v) is 9.99. The lowest BCUT2D eigenvalue weighted by Gasteiger charge is -2.29. The molecule has 0 saturated heterocycles. The van der Waals surface area contributed by atoms with E-state index in [2.05, 4.69) is 46.9 Å². The molecular formula is C45H58N4O9+2. The molecule has 8 rings (SSSR count). The number of aryl methyl sites for hydroxylation is 1. The minimum atomic E-state index is -0.510. The maximum absolute atomic E-state index is 11.7. The lowest BCUT2D eigenvalue weighted by molar-refractivity contribution is -0.633. The number of carbonyl (C=O) groups is 3. The number of Topliss-reactive ketones (excluding diaryl/α,β-unsaturated/α-hetero) is 1. The van der Waals surface area contributed by atoms with Gasteiger partial charge in [-0.1, -0.05) is 66.7 Å². The molecule has 9 N–H and O–H groups in total. The van der Waals surface area contributed by atoms with Crippen LogP contribution in [0.3, 0.4) is 0 Å². The van der Waals surface area contributed by atoms with Gasteiger partial charge in [-0.05, 0) is 48.7 Å². The fourth-order valence-corrected chi connectivity index (χ4v) is 7.01. The number of amides is 2. The van der Waals surface area contributed by atoms with E-state index in [1.165, 1.54) is 19.4 Å². The highest BCUT2D eigenvalue weighted by Gasteiger charge is 2.28. The molecule has 2 amide bonds. The SMILES string of the molecule is CC(=O)NCC1CC(=O)c2ccccc2O1.CC(=O)NCC1CC(O)c2ccccc2O1.C[NH2+]CC1CCc2ccccc2O1.[NH3+]CC1CC(O)c2ccccc2O1. The van der Waals surface area contributed by atoms with E-state index in [0.29, 0.717) is 62.1 Å². The number of ketones is 1. The van der Waals surface area contributed by atoms with E-state index in [-0.39, 0.29) is 35.9 Å². The minimum Gasteiger partial charge on any atom is -0.488 e. The first-order valence-electron chi connectivity index (χ1n) is 20.0. The molecule has 6 atom stereocenters. The average molecular weight is 799 g/mol. The smallest absolute Gasteiger partial charge is 0.217 e. The molecule has 4 aliphatic heterocycles. The van der Waals surface area contributed by atoms with Gasteiger partial charge in [-0.2, -0.15) is 0 Å². The van der Waals surface area contributed by atoms with Gasteiger partial charge in [-0.3, -0.25) is 14.4 Å². The molecule has 310 valence electrons. The number of hydrogen-bond acceptors (Lipinski definition) is 9. The number of nitrogens with two attached hydrogens (primary N) is 1. The first-order chi connectivity index (χ1) is 28.0. The summed E-state index contributed by atoms with van der Waals surface area (Å²) in [6.45, 7) is 5.47. The summed E-state index contributed by atoms with van der Waals surface area (Å²) in [5.41, 5.74) is 7.48. The van der Waals surface area contributed by atoms with E-state index in [1.807, 2.05) is 66.7 Å². The number of fused-ring (bicyclic) bond motifs is 4. The van der Waals surface area contributed by atoms with Crippen molar-refractivity contribution in [3.8, 4) is 23.0 Å². The van der Waals surface area contributed by atoms with Gasteiger partial charge in [0.1, 0.15) is 60.5 Å². The van der Waals surface area contributed by atoms with Crippen LogP contribution in [-0.4, -0.2) is 85.5 Å². The van der Waals surface area contributed by atoms with Crippen LogP contribution in [0.4, 0.5) is 0 Å². The fourth-order valence-electron chi connectivity index (χ4n) is 7.01. The molecule has 0 fully saturated rings. The summed E-state index contributed by atoms with van der Waals surface area (Å²) in [5, 5.41) is 27.2. The molecule has 0 aromatic heterocycles. The average Bonchev–Trinajstić information content (AvgIpc) is 3.23. The molecule has 58 heavy (non-hydrogen) atoms. The summed E-state index contributed by atoms with van der Waals surface area (Å²) >= 11 is 0. The summed E-state index contributed by atoms with van der Waals surface area (Å²) in [6, 6.07) is 30.6. The van der Waals surface area contributed by atoms with Crippen molar-refractivity contribution in [1.82, 2.24) is 10.6 Å². The number of carbonyl (C=O) groups excluding carboxylic acids is 3. The molecule has 0 bridgehead atoms. The predicted octanol–water partition coefficient (Wildman–Crippen LogP) is 2.85. The zero-order chi connectivity index (χ0) is 41.4. The second kappa shape index (κ2) is 21.9. The summed E-state index contributed by atoms with van der Waals surface area (Å²) < 4.78 is 22.8. The van der Waals surface area contributed by atoms with E-state index in [0.717, 1.165) is 42.0 Å². The number of likely N-dealkylation sites (N-methyl/N-ethyl adjacent to an activating group) is 1. The highest BCUT2D eigenvalue weighted by Crippen LogP contribution is 2.35. The van der Waals surface area contributed by atoms with Crippen molar-refractivity contribution >= 4 is 17.6 Å². The van der Waals surface area contributed by atoms with E-state index in [4.69, 9.17) is 18.9 Å². The molecule has 0 aliphatic carbocycles. The van der Waals surface area contributed by atoms with Crippen molar-refractivity contribution in [3.63, 3.8) is 0 Å². The van der Waals surface area contributed by atoms with Gasteiger partial charge in [0.15, 0.2) is 5.78 Å². The van der Waals surface area contributed by atoms with E-state index in [1.54, 1.807) is 12.1 Å². The second-order valence-corrected chi connectivity index (χ2v) is 14.6. The van der Waals surface area contributed by atoms with Crippen LogP contribution in [0.2, 0.25) is 0 Å². The largest absolute Gasteiger partial charge is 0.488 e. The van der Waals surface area contributed by atoms with Crippen molar-refractivity contribution in [2.45, 2.75) is 82.6 Å². The molecule has 4 heterocycles. The van der Waals surface area contributed by atoms with Crippen molar-refractivity contribution in [3.05, 3.63) is 119 Å². The molecule has 0 radical (unpaired) electrons. The quantitative estimate of drug-likeness (QED) is 0.163. The Hall–Kier alpha value is -5.47. The Morgan fingerprint density at radius 3 is 1.76 bits per heavy atom. The molecule has 4 aliphatic rings. The Kier molecular flexibility index (Phi) is 16.5. The van der Waals surface area contributed by atoms with E-state index in [9.17, 15) is 24.6 Å². The molecule has 4 aromatic rings. The fraction of sp³-hybridized carbons (Fsp3) is 0.400. The summed E-state index contributed by atoms with van der Waals surface area (Å²) in [7, 11) is 2.09. The molecule has 13 heteroatoms. The number of nitrogens with one attached hydrogen (secondary N) is 2. The van der Waals surface area contributed by atoms with E-state index < -0.39 is 12.2 Å². The van der Waals surface area contributed by atoms with Crippen molar-refractivity contribution in [1.29, 1.82) is 0 Å². The zero-order valence-corrected chi connectivity index (χ0v) is 33.6. The maximum atomic E-state index is 11.7. The van der Waals surface area contributed by atoms with Crippen LogP contribution in [0, 0.1) is 0 Å². The van der Waals surface area contributed by atoms with Gasteiger partial charge >= 0.3 is 0 Å². The molecule has 4 aromatic carbocycles. The number of para-hydroxylation sites is 4. The van der Waals surface area contributed by atoms with Crippen LogP contribution < -0.4 is 40.6 Å². The minimum absolute atomic E-state index is 0.0601. The van der Waals surface area contributed by atoms with Crippen LogP contribution in [0.25, 0.3) is 0 Å². The Bertz CT molecular complexity index is 1960. The Balaban J connectivity index is 0.000000148. The topological polar surface area (TPSA) is 197 Å². The van der Waals surface area contributed by atoms with Gasteiger partial charge in [0.05, 0.1) is 37.9 Å². The third kappa shape index (κ3) is 12.8. The van der Waals surface area contributed by atoms with Gasteiger partial charge in [0, 0.05) is 44.2 Å². The number of aliphatic hydroxyl groups is 2. The van der Waals surface area contributed by atoms with Crippen LogP contribution in [0.1, 0.15) is 78.8 Å². The van der Waals surface area contributed by atoms with Gasteiger partial charge < -0.3 is 50.8 Å². The first-order valence-corrected chi connectivity index (χ1v) is 20.0. The Morgan fingerprint density at radius 2 is 1.16 bits per heavy atom. The first kappa shape index (κ1) is 43.6. The highest BCUT2D eigenvalue weighted by molar-refractivity contribution is 5.99. The summed E-state index contributed by atoms with van der Waals surface area (Å²) in [6.07, 6.45) is 2.94. The number of hydrogen-bond donors (Lipinski definition) is 6. The van der Waals surface area contributed by atoms with Crippen LogP contribution in [0.5, 0.6) is 23.0 Å². The monoisotopic (exact) mass is 798 g/mol. The number of aliphatic hydroxyl groups excluding tert-OH is 2. The standard InChI is InChI=1S/C12H15NO3.C12H13NO3.C11H15NO.C10H13NO2/c2*1-8(14)13-7-9-6-11(15)10-4-2-3-5-12(10)16-9;1-12-8-10-7-6-9-4-2-3-5-11(9)13-10;11-6-7-5-9(12)8-3-1-2-4-10(8)13-7/h2-5,9,11,15H,6-7H2,1H3,(H,13,14);2-5,9H,6-7H2,1H3,(H,13,14);2-5,10,12H,6-8H2,1H3;1-4,7,9,12H,5-6,11H2/p+2. The number of quaternary nitrogens is 2. The van der Waals surface area contributed by atoms with Gasteiger partial charge in [0.2, 0.25) is 11.8 Å².